The van der Waals surface area contributed by atoms with Crippen LogP contribution < -0.4 is 5.32 Å². The average molecular weight is 356 g/mol. The Kier molecular flexibility index (Phi) is 4.40. The Bertz CT molecular complexity index is 1080. The lowest BCUT2D eigenvalue weighted by Gasteiger charge is -2.13. The van der Waals surface area contributed by atoms with Gasteiger partial charge >= 0.3 is 0 Å². The normalized spacial score (nSPS) is 11.3. The molecule has 0 fully saturated rings. The van der Waals surface area contributed by atoms with Crippen molar-refractivity contribution in [1.29, 1.82) is 0 Å². The summed E-state index contributed by atoms with van der Waals surface area (Å²) in [7, 11) is 0. The first kappa shape index (κ1) is 17.3. The molecule has 4 aromatic rings. The summed E-state index contributed by atoms with van der Waals surface area (Å²) in [4.78, 5) is 4.95. The van der Waals surface area contributed by atoms with Crippen molar-refractivity contribution >= 4 is 17.2 Å². The highest BCUT2D eigenvalue weighted by Gasteiger charge is 2.17. The van der Waals surface area contributed by atoms with Gasteiger partial charge in [0.2, 0.25) is 0 Å². The Hall–Kier alpha value is -3.14. The molecule has 0 unspecified atom stereocenters. The van der Waals surface area contributed by atoms with Crippen molar-refractivity contribution < 1.29 is 0 Å². The number of nitrogens with one attached hydrogen (secondary N) is 1. The number of nitrogens with zero attached hydrogens (tertiary/aromatic N) is 3. The molecule has 27 heavy (non-hydrogen) atoms. The number of benzene rings is 2. The molecule has 0 atom stereocenters. The Morgan fingerprint density at radius 3 is 2.30 bits per heavy atom. The monoisotopic (exact) mass is 356 g/mol. The molecule has 0 aliphatic rings. The first-order valence-electron chi connectivity index (χ1n) is 9.32. The molecule has 0 bridgehead atoms. The van der Waals surface area contributed by atoms with Gasteiger partial charge in [0.15, 0.2) is 5.65 Å². The summed E-state index contributed by atoms with van der Waals surface area (Å²) >= 11 is 0. The maximum Gasteiger partial charge on any atom is 0.165 e. The van der Waals surface area contributed by atoms with E-state index < -0.39 is 0 Å². The van der Waals surface area contributed by atoms with Crippen molar-refractivity contribution in [2.24, 2.45) is 0 Å². The average Bonchev–Trinajstić information content (AvgIpc) is 3.00. The third kappa shape index (κ3) is 3.31. The molecular weight excluding hydrogens is 332 g/mol. The van der Waals surface area contributed by atoms with Crippen molar-refractivity contribution in [2.45, 2.75) is 33.6 Å². The summed E-state index contributed by atoms with van der Waals surface area (Å²) in [5.74, 6) is 1.25. The van der Waals surface area contributed by atoms with Gasteiger partial charge in [0, 0.05) is 23.0 Å². The zero-order valence-corrected chi connectivity index (χ0v) is 16.2. The molecule has 0 aliphatic heterocycles. The zero-order valence-electron chi connectivity index (χ0n) is 16.2. The Balaban J connectivity index is 1.92. The zero-order chi connectivity index (χ0) is 19.0. The van der Waals surface area contributed by atoms with Crippen molar-refractivity contribution in [1.82, 2.24) is 14.6 Å². The minimum Gasteiger partial charge on any atom is -0.340 e. The lowest BCUT2D eigenvalue weighted by atomic mass is 10.1. The van der Waals surface area contributed by atoms with Gasteiger partial charge in [-0.2, -0.15) is 9.61 Å². The third-order valence-corrected chi connectivity index (χ3v) is 4.76. The summed E-state index contributed by atoms with van der Waals surface area (Å²) in [5.41, 5.74) is 7.42. The number of hydrogen-bond donors (Lipinski definition) is 1. The first-order chi connectivity index (χ1) is 13.0. The molecule has 2 aromatic heterocycles. The minimum absolute atomic E-state index is 0.326. The van der Waals surface area contributed by atoms with Crippen LogP contribution in [-0.2, 0) is 0 Å². The van der Waals surface area contributed by atoms with E-state index in [2.05, 4.69) is 80.7 Å². The number of aryl methyl sites for hydroxylation is 2. The smallest absolute Gasteiger partial charge is 0.165 e. The topological polar surface area (TPSA) is 42.2 Å². The summed E-state index contributed by atoms with van der Waals surface area (Å²) in [6, 6.07) is 20.8. The standard InChI is InChI=1S/C23H24N4/c1-15(2)20-14-21(24-19-12-10-16(3)11-13-19)27-23(25-20)22(17(4)26-27)18-8-6-5-7-9-18/h5-15,24H,1-4H3. The molecule has 0 amide bonds. The second-order valence-corrected chi connectivity index (χ2v) is 7.27. The number of rotatable bonds is 4. The molecular formula is C23H24N4. The van der Waals surface area contributed by atoms with E-state index in [0.29, 0.717) is 5.92 Å². The summed E-state index contributed by atoms with van der Waals surface area (Å²) in [5, 5.41) is 8.32. The maximum atomic E-state index is 4.95. The van der Waals surface area contributed by atoms with Crippen molar-refractivity contribution in [3.63, 3.8) is 0 Å². The fraction of sp³-hybridized carbons (Fsp3) is 0.217. The van der Waals surface area contributed by atoms with Gasteiger partial charge < -0.3 is 5.32 Å². The quantitative estimate of drug-likeness (QED) is 0.496. The van der Waals surface area contributed by atoms with Crippen LogP contribution in [0, 0.1) is 13.8 Å². The Morgan fingerprint density at radius 1 is 0.926 bits per heavy atom. The highest BCUT2D eigenvalue weighted by Crippen LogP contribution is 2.31. The molecule has 136 valence electrons. The van der Waals surface area contributed by atoms with Crippen LogP contribution in [0.5, 0.6) is 0 Å². The predicted molar refractivity (Wildman–Crippen MR) is 112 cm³/mol. The largest absolute Gasteiger partial charge is 0.340 e. The number of aromatic nitrogens is 3. The van der Waals surface area contributed by atoms with Crippen LogP contribution in [-0.4, -0.2) is 14.6 Å². The van der Waals surface area contributed by atoms with Crippen LogP contribution >= 0.6 is 0 Å². The summed E-state index contributed by atoms with van der Waals surface area (Å²) in [6.07, 6.45) is 0. The van der Waals surface area contributed by atoms with E-state index in [1.807, 2.05) is 17.5 Å². The van der Waals surface area contributed by atoms with Gasteiger partial charge in [0.05, 0.1) is 5.69 Å². The van der Waals surface area contributed by atoms with Gasteiger partial charge in [-0.1, -0.05) is 61.9 Å². The molecule has 4 rings (SSSR count). The van der Waals surface area contributed by atoms with Crippen molar-refractivity contribution in [3.8, 4) is 11.1 Å². The molecule has 1 N–H and O–H groups in total. The molecule has 0 aliphatic carbocycles. The highest BCUT2D eigenvalue weighted by atomic mass is 15.3. The van der Waals surface area contributed by atoms with E-state index in [1.54, 1.807) is 0 Å². The van der Waals surface area contributed by atoms with Gasteiger partial charge in [0.25, 0.3) is 0 Å². The van der Waals surface area contributed by atoms with Crippen LogP contribution in [0.15, 0.2) is 60.7 Å². The van der Waals surface area contributed by atoms with E-state index in [9.17, 15) is 0 Å². The van der Waals surface area contributed by atoms with Crippen molar-refractivity contribution in [2.75, 3.05) is 5.32 Å². The molecule has 0 spiro atoms. The van der Waals surface area contributed by atoms with Crippen LogP contribution in [0.4, 0.5) is 11.5 Å². The van der Waals surface area contributed by atoms with Crippen LogP contribution in [0.2, 0.25) is 0 Å². The van der Waals surface area contributed by atoms with Crippen LogP contribution in [0.1, 0.15) is 36.7 Å². The number of anilines is 2. The summed E-state index contributed by atoms with van der Waals surface area (Å²) < 4.78 is 1.92. The van der Waals surface area contributed by atoms with E-state index >= 15 is 0 Å². The van der Waals surface area contributed by atoms with Gasteiger partial charge in [-0.15, -0.1) is 0 Å². The number of hydrogen-bond acceptors (Lipinski definition) is 3. The van der Waals surface area contributed by atoms with E-state index in [0.717, 1.165) is 39.7 Å². The van der Waals surface area contributed by atoms with Gasteiger partial charge in [-0.05, 0) is 37.5 Å². The second kappa shape index (κ2) is 6.88. The molecule has 0 saturated carbocycles. The molecule has 4 nitrogen and oxygen atoms in total. The van der Waals surface area contributed by atoms with Gasteiger partial charge in [-0.3, -0.25) is 0 Å². The van der Waals surface area contributed by atoms with Gasteiger partial charge in [-0.25, -0.2) is 4.98 Å². The minimum atomic E-state index is 0.326. The Morgan fingerprint density at radius 2 is 1.63 bits per heavy atom. The van der Waals surface area contributed by atoms with E-state index in [4.69, 9.17) is 10.1 Å². The second-order valence-electron chi connectivity index (χ2n) is 7.27. The first-order valence-corrected chi connectivity index (χ1v) is 9.32. The van der Waals surface area contributed by atoms with E-state index in [1.165, 1.54) is 5.56 Å². The molecule has 2 aromatic carbocycles. The lowest BCUT2D eigenvalue weighted by Crippen LogP contribution is -2.05. The maximum absolute atomic E-state index is 4.95. The van der Waals surface area contributed by atoms with Crippen LogP contribution in [0.25, 0.3) is 16.8 Å². The lowest BCUT2D eigenvalue weighted by molar-refractivity contribution is 0.810. The van der Waals surface area contributed by atoms with Crippen molar-refractivity contribution in [3.05, 3.63) is 77.6 Å². The fourth-order valence-electron chi connectivity index (χ4n) is 3.25. The molecule has 4 heteroatoms. The number of fused-ring (bicyclic) bond motifs is 1. The molecule has 0 radical (unpaired) electrons. The molecule has 2 heterocycles. The SMILES string of the molecule is Cc1ccc(Nc2cc(C(C)C)nc3c(-c4ccccc4)c(C)nn23)cc1. The van der Waals surface area contributed by atoms with Gasteiger partial charge in [0.1, 0.15) is 5.82 Å². The third-order valence-electron chi connectivity index (χ3n) is 4.76. The Labute approximate surface area is 159 Å². The summed E-state index contributed by atoms with van der Waals surface area (Å²) in [6.45, 7) is 8.47. The van der Waals surface area contributed by atoms with Crippen LogP contribution in [0.3, 0.4) is 0 Å². The molecule has 0 saturated heterocycles. The van der Waals surface area contributed by atoms with E-state index in [-0.39, 0.29) is 0 Å². The fourth-order valence-corrected chi connectivity index (χ4v) is 3.25. The predicted octanol–water partition coefficient (Wildman–Crippen LogP) is 5.88. The highest BCUT2D eigenvalue weighted by molar-refractivity contribution is 5.81.